The lowest BCUT2D eigenvalue weighted by molar-refractivity contribution is 0.667. The van der Waals surface area contributed by atoms with Crippen LogP contribution in [0, 0.1) is 13.8 Å². The molecule has 1 aliphatic carbocycles. The van der Waals surface area contributed by atoms with E-state index in [1.165, 1.54) is 50.3 Å². The highest BCUT2D eigenvalue weighted by molar-refractivity contribution is 5.83. The van der Waals surface area contributed by atoms with Gasteiger partial charge in [0.25, 0.3) is 0 Å². The van der Waals surface area contributed by atoms with Gasteiger partial charge in [0, 0.05) is 39.8 Å². The summed E-state index contributed by atoms with van der Waals surface area (Å²) in [5.74, 6) is 0.262. The average Bonchev–Trinajstić information content (AvgIpc) is 3.49. The Hall–Kier alpha value is -6.06. The molecular formula is C46H35N3. The summed E-state index contributed by atoms with van der Waals surface area (Å²) < 4.78 is 0. The molecular weight excluding hydrogens is 595 g/mol. The number of hydrogen-bond acceptors (Lipinski definition) is 3. The monoisotopic (exact) mass is 629 g/mol. The second-order valence-electron chi connectivity index (χ2n) is 13.1. The summed E-state index contributed by atoms with van der Waals surface area (Å²) in [6.45, 7) is 4.07. The molecule has 7 aromatic rings. The van der Waals surface area contributed by atoms with Crippen LogP contribution in [0.3, 0.4) is 0 Å². The van der Waals surface area contributed by atoms with Crippen molar-refractivity contribution in [3.8, 4) is 44.8 Å². The van der Waals surface area contributed by atoms with Gasteiger partial charge in [-0.1, -0.05) is 115 Å². The molecule has 0 saturated heterocycles. The second kappa shape index (κ2) is 11.9. The third-order valence-electron chi connectivity index (χ3n) is 9.99. The maximum atomic E-state index is 4.72. The molecule has 0 bridgehead atoms. The minimum atomic E-state index is 0.172. The first kappa shape index (κ1) is 29.1. The van der Waals surface area contributed by atoms with Gasteiger partial charge >= 0.3 is 0 Å². The number of anilines is 2. The molecule has 2 aliphatic rings. The van der Waals surface area contributed by atoms with Crippen LogP contribution in [0.25, 0.3) is 50.8 Å². The molecule has 5 aromatic carbocycles. The number of hydrogen-bond donors (Lipinski definition) is 0. The van der Waals surface area contributed by atoms with Crippen LogP contribution in [0.2, 0.25) is 0 Å². The number of pyridine rings is 2. The van der Waals surface area contributed by atoms with Crippen molar-refractivity contribution in [3.05, 3.63) is 186 Å². The average molecular weight is 630 g/mol. The fourth-order valence-corrected chi connectivity index (χ4v) is 7.57. The molecule has 0 spiro atoms. The summed E-state index contributed by atoms with van der Waals surface area (Å²) in [5.41, 5.74) is 17.6. The summed E-state index contributed by atoms with van der Waals surface area (Å²) in [7, 11) is 0. The molecule has 3 nitrogen and oxygen atoms in total. The predicted octanol–water partition coefficient (Wildman–Crippen LogP) is 11.8. The van der Waals surface area contributed by atoms with Crippen LogP contribution >= 0.6 is 0 Å². The molecule has 0 saturated carbocycles. The predicted molar refractivity (Wildman–Crippen MR) is 203 cm³/mol. The third kappa shape index (κ3) is 5.25. The SMILES string of the molecule is Cc1cccc(-c2ccc(-c3ccc4c(c3)C=CC3c5ccc(-c6ccc(-c7cccc(C)n7)cc6)cc5N(c5ccccc5)C43)cc2)n1. The van der Waals surface area contributed by atoms with Gasteiger partial charge in [-0.25, -0.2) is 0 Å². The smallest absolute Gasteiger partial charge is 0.0705 e. The zero-order valence-electron chi connectivity index (χ0n) is 27.6. The van der Waals surface area contributed by atoms with Gasteiger partial charge < -0.3 is 4.90 Å². The number of fused-ring (bicyclic) bond motifs is 5. The number of aryl methyl sites for hydroxylation is 2. The summed E-state index contributed by atoms with van der Waals surface area (Å²) in [5, 5.41) is 0. The van der Waals surface area contributed by atoms with Gasteiger partial charge in [-0.2, -0.15) is 0 Å². The molecule has 0 N–H and O–H groups in total. The van der Waals surface area contributed by atoms with Crippen LogP contribution in [0.4, 0.5) is 11.4 Å². The van der Waals surface area contributed by atoms with Crippen molar-refractivity contribution in [1.82, 2.24) is 9.97 Å². The highest BCUT2D eigenvalue weighted by Crippen LogP contribution is 2.56. The van der Waals surface area contributed by atoms with E-state index in [1.54, 1.807) is 0 Å². The van der Waals surface area contributed by atoms with Gasteiger partial charge in [0.1, 0.15) is 0 Å². The molecule has 2 atom stereocenters. The first-order chi connectivity index (χ1) is 24.1. The molecule has 3 heteroatoms. The fourth-order valence-electron chi connectivity index (χ4n) is 7.57. The molecule has 0 amide bonds. The van der Waals surface area contributed by atoms with Gasteiger partial charge in [-0.05, 0) is 101 Å². The number of nitrogens with zero attached hydrogens (tertiary/aromatic N) is 3. The van der Waals surface area contributed by atoms with Crippen LogP contribution in [-0.2, 0) is 0 Å². The second-order valence-corrected chi connectivity index (χ2v) is 13.1. The van der Waals surface area contributed by atoms with E-state index in [4.69, 9.17) is 9.97 Å². The molecule has 3 heterocycles. The molecule has 0 radical (unpaired) electrons. The van der Waals surface area contributed by atoms with Crippen molar-refractivity contribution in [2.45, 2.75) is 25.8 Å². The van der Waals surface area contributed by atoms with Crippen LogP contribution in [-0.4, -0.2) is 9.97 Å². The summed E-state index contributed by atoms with van der Waals surface area (Å²) in [4.78, 5) is 12.0. The van der Waals surface area contributed by atoms with Gasteiger partial charge in [0.15, 0.2) is 0 Å². The Morgan fingerprint density at radius 1 is 0.469 bits per heavy atom. The van der Waals surface area contributed by atoms with Crippen LogP contribution in [0.5, 0.6) is 0 Å². The first-order valence-electron chi connectivity index (χ1n) is 17.0. The maximum Gasteiger partial charge on any atom is 0.0705 e. The van der Waals surface area contributed by atoms with Crippen LogP contribution in [0.1, 0.15) is 40.0 Å². The summed E-state index contributed by atoms with van der Waals surface area (Å²) in [6.07, 6.45) is 4.74. The third-order valence-corrected chi connectivity index (χ3v) is 9.99. The zero-order valence-corrected chi connectivity index (χ0v) is 27.6. The van der Waals surface area contributed by atoms with Gasteiger partial charge in [-0.15, -0.1) is 0 Å². The molecule has 1 aliphatic heterocycles. The number of rotatable bonds is 5. The Morgan fingerprint density at radius 3 is 1.59 bits per heavy atom. The first-order valence-corrected chi connectivity index (χ1v) is 17.0. The minimum absolute atomic E-state index is 0.172. The Balaban J connectivity index is 1.07. The fraction of sp³-hybridized carbons (Fsp3) is 0.0870. The Morgan fingerprint density at radius 2 is 1.00 bits per heavy atom. The van der Waals surface area contributed by atoms with E-state index in [1.807, 2.05) is 26.0 Å². The van der Waals surface area contributed by atoms with Gasteiger partial charge in [0.05, 0.1) is 17.4 Å². The molecule has 9 rings (SSSR count). The Kier molecular flexibility index (Phi) is 7.05. The molecule has 49 heavy (non-hydrogen) atoms. The van der Waals surface area contributed by atoms with Gasteiger partial charge in [0.2, 0.25) is 0 Å². The zero-order chi connectivity index (χ0) is 32.9. The van der Waals surface area contributed by atoms with E-state index in [2.05, 4.69) is 157 Å². The minimum Gasteiger partial charge on any atom is -0.333 e. The molecule has 2 aromatic heterocycles. The van der Waals surface area contributed by atoms with E-state index in [0.29, 0.717) is 0 Å². The highest BCUT2D eigenvalue weighted by atomic mass is 15.2. The Bertz CT molecular complexity index is 2350. The molecule has 2 unspecified atom stereocenters. The Labute approximate surface area is 287 Å². The number of benzene rings is 5. The van der Waals surface area contributed by atoms with Crippen molar-refractivity contribution in [1.29, 1.82) is 0 Å². The van der Waals surface area contributed by atoms with Crippen LogP contribution < -0.4 is 4.90 Å². The van der Waals surface area contributed by atoms with Gasteiger partial charge in [-0.3, -0.25) is 9.97 Å². The van der Waals surface area contributed by atoms with Crippen molar-refractivity contribution in [2.24, 2.45) is 0 Å². The van der Waals surface area contributed by atoms with Crippen LogP contribution in [0.15, 0.2) is 158 Å². The quantitative estimate of drug-likeness (QED) is 0.190. The van der Waals surface area contributed by atoms with E-state index in [9.17, 15) is 0 Å². The standard InChI is InChI=1S/C46H35N3/c1-30-8-6-12-43(47-30)34-18-14-32(15-19-34)36-22-25-40-38(28-36)24-27-42-41-26-23-37(29-45(41)49(46(40)42)39-10-4-3-5-11-39)33-16-20-35(21-17-33)44-13-7-9-31(2)48-44/h3-29,42,46H,1-2H3. The van der Waals surface area contributed by atoms with Crippen molar-refractivity contribution in [2.75, 3.05) is 4.90 Å². The lowest BCUT2D eigenvalue weighted by atomic mass is 9.82. The topological polar surface area (TPSA) is 29.0 Å². The largest absolute Gasteiger partial charge is 0.333 e. The van der Waals surface area contributed by atoms with Crippen molar-refractivity contribution >= 4 is 17.5 Å². The van der Waals surface area contributed by atoms with E-state index < -0.39 is 0 Å². The lowest BCUT2D eigenvalue weighted by Crippen LogP contribution is -2.24. The van der Waals surface area contributed by atoms with E-state index in [-0.39, 0.29) is 12.0 Å². The number of para-hydroxylation sites is 1. The van der Waals surface area contributed by atoms with E-state index in [0.717, 1.165) is 33.9 Å². The summed E-state index contributed by atoms with van der Waals surface area (Å²) >= 11 is 0. The van der Waals surface area contributed by atoms with E-state index >= 15 is 0 Å². The lowest BCUT2D eigenvalue weighted by Gasteiger charge is -2.33. The maximum absolute atomic E-state index is 4.72. The number of aromatic nitrogens is 2. The van der Waals surface area contributed by atoms with Crippen molar-refractivity contribution < 1.29 is 0 Å². The van der Waals surface area contributed by atoms with Crippen molar-refractivity contribution in [3.63, 3.8) is 0 Å². The normalized spacial score (nSPS) is 15.8. The summed E-state index contributed by atoms with van der Waals surface area (Å²) in [6, 6.07) is 55.0. The highest BCUT2D eigenvalue weighted by Gasteiger charge is 2.41. The molecule has 234 valence electrons. The molecule has 0 fully saturated rings.